The van der Waals surface area contributed by atoms with Crippen LogP contribution in [0.25, 0.3) is 0 Å². The zero-order valence-corrected chi connectivity index (χ0v) is 52.8. The summed E-state index contributed by atoms with van der Waals surface area (Å²) >= 11 is 0. The lowest BCUT2D eigenvalue weighted by molar-refractivity contribution is -0.167. The minimum atomic E-state index is -0.800. The Labute approximate surface area is 500 Å². The van der Waals surface area contributed by atoms with Crippen molar-refractivity contribution in [3.8, 4) is 0 Å². The Kier molecular flexibility index (Phi) is 64.3. The lowest BCUT2D eigenvalue weighted by Gasteiger charge is -2.18. The number of unbranched alkanes of at least 4 members (excludes halogenated alkanes) is 27. The number of allylic oxidation sites excluding steroid dienone is 22. The summed E-state index contributed by atoms with van der Waals surface area (Å²) < 4.78 is 16.9. The van der Waals surface area contributed by atoms with Crippen molar-refractivity contribution in [3.05, 3.63) is 134 Å². The van der Waals surface area contributed by atoms with Crippen molar-refractivity contribution < 1.29 is 28.6 Å². The molecule has 0 aliphatic carbocycles. The predicted molar refractivity (Wildman–Crippen MR) is 353 cm³/mol. The Bertz CT molecular complexity index is 1720. The SMILES string of the molecule is CC/C=C\C/C=C\C/C=C\C/C=C\C/C=C\C/C=C\C/C=C\C/C=C\CCCCC(=O)OCC(COC(=O)CCCCCCCCCCC)OC(=O)CCCCCCCCCCCCCC/C=C\C/C=C\C/C=C\CCCCCCC. The minimum absolute atomic E-state index is 0.0940. The monoisotopic (exact) mass is 1120 g/mol. The van der Waals surface area contributed by atoms with Gasteiger partial charge in [0.25, 0.3) is 0 Å². The molecular formula is C75H124O6. The van der Waals surface area contributed by atoms with Crippen molar-refractivity contribution in [2.75, 3.05) is 13.2 Å². The molecule has 0 aromatic carbocycles. The van der Waals surface area contributed by atoms with Crippen LogP contribution in [0.15, 0.2) is 134 Å². The Morgan fingerprint density at radius 3 is 0.778 bits per heavy atom. The van der Waals surface area contributed by atoms with Crippen LogP contribution in [0.5, 0.6) is 0 Å². The molecule has 0 bridgehead atoms. The highest BCUT2D eigenvalue weighted by atomic mass is 16.6. The van der Waals surface area contributed by atoms with E-state index in [1.165, 1.54) is 141 Å². The van der Waals surface area contributed by atoms with Crippen molar-refractivity contribution >= 4 is 17.9 Å². The van der Waals surface area contributed by atoms with Gasteiger partial charge in [0.2, 0.25) is 0 Å². The highest BCUT2D eigenvalue weighted by Crippen LogP contribution is 2.16. The molecule has 0 heterocycles. The van der Waals surface area contributed by atoms with Crippen LogP contribution in [-0.2, 0) is 28.6 Å². The van der Waals surface area contributed by atoms with E-state index in [0.717, 1.165) is 122 Å². The molecule has 0 spiro atoms. The summed E-state index contributed by atoms with van der Waals surface area (Å²) in [5.41, 5.74) is 0. The Morgan fingerprint density at radius 1 is 0.259 bits per heavy atom. The third-order valence-corrected chi connectivity index (χ3v) is 14.1. The van der Waals surface area contributed by atoms with Crippen molar-refractivity contribution in [3.63, 3.8) is 0 Å². The van der Waals surface area contributed by atoms with Gasteiger partial charge >= 0.3 is 17.9 Å². The molecule has 0 saturated heterocycles. The third-order valence-electron chi connectivity index (χ3n) is 14.1. The van der Waals surface area contributed by atoms with Crippen LogP contribution in [0.2, 0.25) is 0 Å². The lowest BCUT2D eigenvalue weighted by Crippen LogP contribution is -2.30. The number of carbonyl (C=O) groups excluding carboxylic acids is 3. The number of ether oxygens (including phenoxy) is 3. The number of rotatable bonds is 60. The molecule has 0 radical (unpaired) electrons. The molecule has 0 aliphatic rings. The topological polar surface area (TPSA) is 78.9 Å². The molecule has 0 aromatic rings. The first kappa shape index (κ1) is 76.5. The maximum Gasteiger partial charge on any atom is 0.306 e. The lowest BCUT2D eigenvalue weighted by atomic mass is 10.0. The van der Waals surface area contributed by atoms with Gasteiger partial charge in [0.05, 0.1) is 0 Å². The average Bonchev–Trinajstić information content (AvgIpc) is 3.47. The average molecular weight is 1120 g/mol. The van der Waals surface area contributed by atoms with Crippen molar-refractivity contribution in [2.45, 2.75) is 309 Å². The van der Waals surface area contributed by atoms with Crippen molar-refractivity contribution in [2.24, 2.45) is 0 Å². The zero-order valence-electron chi connectivity index (χ0n) is 52.8. The van der Waals surface area contributed by atoms with E-state index in [1.807, 2.05) is 0 Å². The summed E-state index contributed by atoms with van der Waals surface area (Å²) in [6.07, 6.45) is 96.2. The van der Waals surface area contributed by atoms with Gasteiger partial charge in [-0.2, -0.15) is 0 Å². The molecule has 0 fully saturated rings. The Balaban J connectivity index is 4.30. The molecule has 0 N–H and O–H groups in total. The highest BCUT2D eigenvalue weighted by Gasteiger charge is 2.19. The van der Waals surface area contributed by atoms with E-state index >= 15 is 0 Å². The van der Waals surface area contributed by atoms with Gasteiger partial charge in [-0.15, -0.1) is 0 Å². The summed E-state index contributed by atoms with van der Waals surface area (Å²) in [5, 5.41) is 0. The minimum Gasteiger partial charge on any atom is -0.462 e. The second-order valence-corrected chi connectivity index (χ2v) is 22.0. The van der Waals surface area contributed by atoms with E-state index in [-0.39, 0.29) is 31.1 Å². The maximum atomic E-state index is 12.9. The van der Waals surface area contributed by atoms with E-state index in [1.54, 1.807) is 0 Å². The fraction of sp³-hybridized carbons (Fsp3) is 0.667. The first-order valence-electron chi connectivity index (χ1n) is 33.7. The predicted octanol–water partition coefficient (Wildman–Crippen LogP) is 23.3. The number of carbonyl (C=O) groups is 3. The van der Waals surface area contributed by atoms with Crippen LogP contribution in [0.4, 0.5) is 0 Å². The summed E-state index contributed by atoms with van der Waals surface area (Å²) in [4.78, 5) is 38.2. The van der Waals surface area contributed by atoms with Gasteiger partial charge < -0.3 is 14.2 Å². The van der Waals surface area contributed by atoms with Gasteiger partial charge in [-0.3, -0.25) is 14.4 Å². The van der Waals surface area contributed by atoms with Gasteiger partial charge in [0, 0.05) is 19.3 Å². The molecule has 6 nitrogen and oxygen atoms in total. The second-order valence-electron chi connectivity index (χ2n) is 22.0. The first-order chi connectivity index (χ1) is 40.0. The molecule has 0 saturated carbocycles. The van der Waals surface area contributed by atoms with Crippen LogP contribution in [0.1, 0.15) is 303 Å². The van der Waals surface area contributed by atoms with Gasteiger partial charge in [0.1, 0.15) is 13.2 Å². The van der Waals surface area contributed by atoms with Gasteiger partial charge in [-0.1, -0.05) is 296 Å². The summed E-state index contributed by atoms with van der Waals surface area (Å²) in [7, 11) is 0. The molecule has 6 heteroatoms. The summed E-state index contributed by atoms with van der Waals surface area (Å²) in [6, 6.07) is 0. The molecular weight excluding hydrogens is 997 g/mol. The fourth-order valence-corrected chi connectivity index (χ4v) is 9.11. The maximum absolute atomic E-state index is 12.9. The molecule has 0 rings (SSSR count). The van der Waals surface area contributed by atoms with Crippen LogP contribution < -0.4 is 0 Å². The Morgan fingerprint density at radius 2 is 0.481 bits per heavy atom. The molecule has 0 aromatic heterocycles. The van der Waals surface area contributed by atoms with Crippen LogP contribution in [0.3, 0.4) is 0 Å². The third kappa shape index (κ3) is 66.2. The summed E-state index contributed by atoms with van der Waals surface area (Å²) in [6.45, 7) is 6.47. The second kappa shape index (κ2) is 68.1. The Hall–Kier alpha value is -4.45. The molecule has 81 heavy (non-hydrogen) atoms. The highest BCUT2D eigenvalue weighted by molar-refractivity contribution is 5.71. The van der Waals surface area contributed by atoms with E-state index in [0.29, 0.717) is 19.3 Å². The van der Waals surface area contributed by atoms with E-state index in [4.69, 9.17) is 14.2 Å². The van der Waals surface area contributed by atoms with Crippen molar-refractivity contribution in [1.29, 1.82) is 0 Å². The van der Waals surface area contributed by atoms with E-state index in [9.17, 15) is 14.4 Å². The quantitative estimate of drug-likeness (QED) is 0.0261. The van der Waals surface area contributed by atoms with Crippen LogP contribution in [-0.4, -0.2) is 37.2 Å². The van der Waals surface area contributed by atoms with Crippen LogP contribution in [0, 0.1) is 0 Å². The molecule has 1 atom stereocenters. The van der Waals surface area contributed by atoms with E-state index in [2.05, 4.69) is 154 Å². The van der Waals surface area contributed by atoms with Gasteiger partial charge in [-0.25, -0.2) is 0 Å². The number of hydrogen-bond donors (Lipinski definition) is 0. The van der Waals surface area contributed by atoms with E-state index < -0.39 is 6.10 Å². The smallest absolute Gasteiger partial charge is 0.306 e. The largest absolute Gasteiger partial charge is 0.462 e. The number of hydrogen-bond acceptors (Lipinski definition) is 6. The van der Waals surface area contributed by atoms with Crippen LogP contribution >= 0.6 is 0 Å². The van der Waals surface area contributed by atoms with Gasteiger partial charge in [0.15, 0.2) is 6.10 Å². The standard InChI is InChI=1S/C75H124O6/c1-4-7-10-13-16-19-21-23-25-27-29-31-33-35-37-39-41-43-45-47-49-51-53-56-59-62-65-68-74(77)80-71-72(70-79-73(76)67-64-61-58-55-18-15-12-9-6-3)81-75(78)69-66-63-60-57-54-52-50-48-46-44-42-40-38-36-34-32-30-28-26-24-22-20-17-14-11-8-5-2/h7,10,16,19,22-25,28-31,34-37,41,43,47,49,53,56,72H,4-6,8-9,11-15,17-18,20-21,26-27,32-33,38-40,42,44-46,48,50-52,54-55,57-71H2,1-3H3/b10-7-,19-16-,24-22-,25-23-,30-28-,31-29-,36-34-,37-35-,43-41-,49-47-,56-53-. The molecule has 0 amide bonds. The first-order valence-corrected chi connectivity index (χ1v) is 33.7. The summed E-state index contributed by atoms with van der Waals surface area (Å²) in [5.74, 6) is -0.941. The number of esters is 3. The normalized spacial score (nSPS) is 13.0. The van der Waals surface area contributed by atoms with Gasteiger partial charge in [-0.05, 0) is 122 Å². The molecule has 0 aliphatic heterocycles. The molecule has 460 valence electrons. The molecule has 1 unspecified atom stereocenters. The van der Waals surface area contributed by atoms with Crippen molar-refractivity contribution in [1.82, 2.24) is 0 Å². The fourth-order valence-electron chi connectivity index (χ4n) is 9.11. The zero-order chi connectivity index (χ0) is 58.5.